The summed E-state index contributed by atoms with van der Waals surface area (Å²) in [6.07, 6.45) is 5.13. The zero-order valence-corrected chi connectivity index (χ0v) is 22.0. The number of carbonyl (C=O) groups is 1. The Hall–Kier alpha value is -4.83. The van der Waals surface area contributed by atoms with Crippen LogP contribution in [0.3, 0.4) is 0 Å². The van der Waals surface area contributed by atoms with Crippen LogP contribution in [0.25, 0.3) is 27.8 Å². The maximum atomic E-state index is 13.3. The minimum absolute atomic E-state index is 0.0779. The number of ether oxygens (including phenoxy) is 1. The summed E-state index contributed by atoms with van der Waals surface area (Å²) < 4.78 is 8.17. The minimum Gasteiger partial charge on any atom is -0.495 e. The van der Waals surface area contributed by atoms with Crippen LogP contribution in [0, 0.1) is 0 Å². The number of nitrogens with zero attached hydrogens (tertiary/aromatic N) is 6. The second kappa shape index (κ2) is 10.4. The van der Waals surface area contributed by atoms with Crippen LogP contribution < -0.4 is 10.3 Å². The number of amides is 1. The third kappa shape index (κ3) is 4.85. The normalized spacial score (nSPS) is 14.8. The number of likely N-dealkylation sites (tertiary alicyclic amines) is 1. The molecule has 0 saturated carbocycles. The highest BCUT2D eigenvalue weighted by Gasteiger charge is 2.35. The number of piperidine rings is 1. The van der Waals surface area contributed by atoms with Crippen molar-refractivity contribution in [2.24, 2.45) is 0 Å². The average Bonchev–Trinajstić information content (AvgIpc) is 3.44. The van der Waals surface area contributed by atoms with E-state index in [4.69, 9.17) is 4.74 Å². The molecular formula is C30H28N6O4. The Kier molecular flexibility index (Phi) is 6.61. The first kappa shape index (κ1) is 25.4. The van der Waals surface area contributed by atoms with Gasteiger partial charge in [-0.25, -0.2) is 14.6 Å². The third-order valence-corrected chi connectivity index (χ3v) is 7.41. The van der Waals surface area contributed by atoms with Gasteiger partial charge in [0.05, 0.1) is 37.3 Å². The Morgan fingerprint density at radius 2 is 1.68 bits per heavy atom. The Labute approximate surface area is 230 Å². The number of methoxy groups -OCH3 is 1. The van der Waals surface area contributed by atoms with E-state index in [-0.39, 0.29) is 18.0 Å². The van der Waals surface area contributed by atoms with Crippen LogP contribution in [0.1, 0.15) is 23.3 Å². The van der Waals surface area contributed by atoms with Crippen molar-refractivity contribution in [2.45, 2.75) is 25.0 Å². The molecule has 0 radical (unpaired) electrons. The lowest BCUT2D eigenvalue weighted by Gasteiger charge is -2.38. The molecule has 10 heteroatoms. The van der Waals surface area contributed by atoms with Crippen molar-refractivity contribution in [3.63, 3.8) is 0 Å². The van der Waals surface area contributed by atoms with E-state index in [2.05, 4.69) is 27.2 Å². The maximum Gasteiger partial charge on any atom is 0.272 e. The number of aliphatic hydroxyl groups is 1. The molecule has 1 aliphatic heterocycles. The summed E-state index contributed by atoms with van der Waals surface area (Å²) in [6.45, 7) is 0.781. The number of benzene rings is 2. The first-order valence-electron chi connectivity index (χ1n) is 13.0. The van der Waals surface area contributed by atoms with Gasteiger partial charge >= 0.3 is 0 Å². The lowest BCUT2D eigenvalue weighted by Crippen LogP contribution is -2.49. The number of fused-ring (bicyclic) bond motifs is 1. The Balaban J connectivity index is 1.16. The van der Waals surface area contributed by atoms with Crippen LogP contribution in [0.4, 0.5) is 0 Å². The predicted molar refractivity (Wildman–Crippen MR) is 149 cm³/mol. The molecule has 4 heterocycles. The number of hydrogen-bond donors (Lipinski definition) is 1. The fourth-order valence-corrected chi connectivity index (χ4v) is 5.07. The van der Waals surface area contributed by atoms with Gasteiger partial charge in [0.25, 0.3) is 11.5 Å². The van der Waals surface area contributed by atoms with Gasteiger partial charge in [0, 0.05) is 13.1 Å². The molecule has 202 valence electrons. The highest BCUT2D eigenvalue weighted by atomic mass is 16.5. The summed E-state index contributed by atoms with van der Waals surface area (Å²) in [4.78, 5) is 36.5. The molecule has 0 spiro atoms. The maximum absolute atomic E-state index is 13.3. The summed E-state index contributed by atoms with van der Waals surface area (Å²) >= 11 is 0. The first-order valence-corrected chi connectivity index (χ1v) is 13.0. The van der Waals surface area contributed by atoms with Crippen LogP contribution in [-0.2, 0) is 6.54 Å². The summed E-state index contributed by atoms with van der Waals surface area (Å²) in [6, 6.07) is 21.3. The Morgan fingerprint density at radius 3 is 2.35 bits per heavy atom. The monoisotopic (exact) mass is 536 g/mol. The van der Waals surface area contributed by atoms with E-state index >= 15 is 0 Å². The molecular weight excluding hydrogens is 508 g/mol. The van der Waals surface area contributed by atoms with E-state index in [1.54, 1.807) is 28.8 Å². The van der Waals surface area contributed by atoms with Gasteiger partial charge < -0.3 is 14.7 Å². The molecule has 1 saturated heterocycles. The van der Waals surface area contributed by atoms with Crippen molar-refractivity contribution < 1.29 is 14.6 Å². The molecule has 10 nitrogen and oxygen atoms in total. The standard InChI is InChI=1S/C30H28N6O4/c1-40-24-11-12-26(31-17-24)29(38)34-15-13-30(39,14-16-34)19-35-20-32-27-25(28(35)37)18-33-36(27)23-9-7-22(8-10-23)21-5-3-2-4-6-21/h2-12,17-18,20,39H,13-16,19H2,1H3. The first-order chi connectivity index (χ1) is 19.4. The van der Waals surface area contributed by atoms with Crippen molar-refractivity contribution in [1.82, 2.24) is 29.2 Å². The van der Waals surface area contributed by atoms with E-state index in [0.717, 1.165) is 16.8 Å². The number of aromatic nitrogens is 5. The highest BCUT2D eigenvalue weighted by Crippen LogP contribution is 2.26. The van der Waals surface area contributed by atoms with Crippen LogP contribution in [0.2, 0.25) is 0 Å². The zero-order chi connectivity index (χ0) is 27.7. The molecule has 0 bridgehead atoms. The molecule has 3 aromatic heterocycles. The quantitative estimate of drug-likeness (QED) is 0.354. The zero-order valence-electron chi connectivity index (χ0n) is 22.0. The second-order valence-corrected chi connectivity index (χ2v) is 9.98. The van der Waals surface area contributed by atoms with Crippen LogP contribution in [0.15, 0.2) is 90.2 Å². The molecule has 1 amide bonds. The van der Waals surface area contributed by atoms with Gasteiger partial charge in [-0.1, -0.05) is 42.5 Å². The molecule has 0 aliphatic carbocycles. The van der Waals surface area contributed by atoms with Gasteiger partial charge in [0.1, 0.15) is 23.2 Å². The van der Waals surface area contributed by atoms with Gasteiger partial charge in [-0.15, -0.1) is 0 Å². The van der Waals surface area contributed by atoms with Crippen molar-refractivity contribution in [3.05, 3.63) is 101 Å². The van der Waals surface area contributed by atoms with E-state index in [0.29, 0.717) is 48.4 Å². The van der Waals surface area contributed by atoms with E-state index in [9.17, 15) is 14.7 Å². The molecule has 2 aromatic carbocycles. The van der Waals surface area contributed by atoms with E-state index in [1.807, 2.05) is 42.5 Å². The second-order valence-electron chi connectivity index (χ2n) is 9.98. The summed E-state index contributed by atoms with van der Waals surface area (Å²) in [7, 11) is 1.54. The molecule has 1 N–H and O–H groups in total. The number of carbonyl (C=O) groups excluding carboxylic acids is 1. The molecule has 0 atom stereocenters. The van der Waals surface area contributed by atoms with E-state index < -0.39 is 5.60 Å². The summed E-state index contributed by atoms with van der Waals surface area (Å²) in [5.74, 6) is 0.376. The van der Waals surface area contributed by atoms with Gasteiger partial charge in [-0.2, -0.15) is 5.10 Å². The Bertz CT molecular complexity index is 1700. The molecule has 0 unspecified atom stereocenters. The fourth-order valence-electron chi connectivity index (χ4n) is 5.07. The smallest absolute Gasteiger partial charge is 0.272 e. The Morgan fingerprint density at radius 1 is 0.950 bits per heavy atom. The van der Waals surface area contributed by atoms with Crippen molar-refractivity contribution in [3.8, 4) is 22.6 Å². The lowest BCUT2D eigenvalue weighted by molar-refractivity contribution is -0.0300. The van der Waals surface area contributed by atoms with E-state index in [1.165, 1.54) is 23.3 Å². The van der Waals surface area contributed by atoms with Crippen molar-refractivity contribution >= 4 is 16.9 Å². The van der Waals surface area contributed by atoms with Crippen LogP contribution in [-0.4, -0.2) is 66.0 Å². The molecule has 5 aromatic rings. The predicted octanol–water partition coefficient (Wildman–Crippen LogP) is 3.32. The molecule has 6 rings (SSSR count). The SMILES string of the molecule is COc1ccc(C(=O)N2CCC(O)(Cn3cnc4c(cnn4-c4ccc(-c5ccccc5)cc4)c3=O)CC2)nc1. The van der Waals surface area contributed by atoms with Crippen molar-refractivity contribution in [1.29, 1.82) is 0 Å². The number of hydrogen-bond acceptors (Lipinski definition) is 7. The van der Waals surface area contributed by atoms with Gasteiger partial charge in [-0.3, -0.25) is 14.2 Å². The lowest BCUT2D eigenvalue weighted by atomic mass is 9.91. The van der Waals surface area contributed by atoms with Gasteiger partial charge in [-0.05, 0) is 48.2 Å². The fraction of sp³-hybridized carbons (Fsp3) is 0.233. The minimum atomic E-state index is -1.15. The average molecular weight is 537 g/mol. The third-order valence-electron chi connectivity index (χ3n) is 7.41. The van der Waals surface area contributed by atoms with Crippen molar-refractivity contribution in [2.75, 3.05) is 20.2 Å². The number of rotatable bonds is 6. The summed E-state index contributed by atoms with van der Waals surface area (Å²) in [5, 5.41) is 16.1. The molecule has 40 heavy (non-hydrogen) atoms. The van der Waals surface area contributed by atoms with Gasteiger partial charge in [0.15, 0.2) is 5.65 Å². The number of pyridine rings is 1. The van der Waals surface area contributed by atoms with Crippen LogP contribution in [0.5, 0.6) is 5.75 Å². The highest BCUT2D eigenvalue weighted by molar-refractivity contribution is 5.92. The summed E-state index contributed by atoms with van der Waals surface area (Å²) in [5.41, 5.74) is 2.35. The van der Waals surface area contributed by atoms with Crippen LogP contribution >= 0.6 is 0 Å². The largest absolute Gasteiger partial charge is 0.495 e. The molecule has 1 fully saturated rings. The topological polar surface area (TPSA) is 115 Å². The molecule has 1 aliphatic rings. The van der Waals surface area contributed by atoms with Gasteiger partial charge in [0.2, 0.25) is 0 Å².